The Balaban J connectivity index is 1.94. The highest BCUT2D eigenvalue weighted by atomic mass is 127. The maximum atomic E-state index is 11.9. The molecule has 1 atom stereocenters. The van der Waals surface area contributed by atoms with Crippen molar-refractivity contribution < 1.29 is 0 Å². The number of hydrogen-bond acceptors (Lipinski definition) is 3. The quantitative estimate of drug-likeness (QED) is 0.822. The van der Waals surface area contributed by atoms with Crippen molar-refractivity contribution in [3.05, 3.63) is 25.9 Å². The fourth-order valence-electron chi connectivity index (χ4n) is 1.98. The largest absolute Gasteiger partial charge is 0.312 e. The van der Waals surface area contributed by atoms with Crippen molar-refractivity contribution in [1.82, 2.24) is 14.9 Å². The first-order valence-electron chi connectivity index (χ1n) is 6.05. The topological polar surface area (TPSA) is 46.9 Å². The van der Waals surface area contributed by atoms with E-state index in [-0.39, 0.29) is 5.56 Å². The third-order valence-corrected chi connectivity index (χ3v) is 4.08. The van der Waals surface area contributed by atoms with Gasteiger partial charge in [0, 0.05) is 25.3 Å². The predicted octanol–water partition coefficient (Wildman–Crippen LogP) is 1.54. The van der Waals surface area contributed by atoms with E-state index in [0.717, 1.165) is 18.3 Å². The second-order valence-electron chi connectivity index (χ2n) is 4.69. The van der Waals surface area contributed by atoms with Crippen LogP contribution in [-0.2, 0) is 6.54 Å². The van der Waals surface area contributed by atoms with Crippen molar-refractivity contribution in [2.75, 3.05) is 6.54 Å². The standard InChI is InChI=1S/C12H18IN3O/c1-8(10-3-4-10)14-5-6-16-9(2)15-7-11(13)12(16)17/h7-8,10,14H,3-6H2,1-2H3. The molecule has 2 rings (SSSR count). The van der Waals surface area contributed by atoms with Gasteiger partial charge in [0.1, 0.15) is 5.82 Å². The van der Waals surface area contributed by atoms with Crippen LogP contribution in [0.4, 0.5) is 0 Å². The van der Waals surface area contributed by atoms with Gasteiger partial charge in [-0.1, -0.05) is 0 Å². The lowest BCUT2D eigenvalue weighted by Gasteiger charge is -2.14. The maximum absolute atomic E-state index is 11.9. The molecular formula is C12H18IN3O. The minimum atomic E-state index is 0.0685. The number of aryl methyl sites for hydroxylation is 1. The monoisotopic (exact) mass is 347 g/mol. The van der Waals surface area contributed by atoms with E-state index in [2.05, 4.69) is 17.2 Å². The van der Waals surface area contributed by atoms with Gasteiger partial charge in [0.25, 0.3) is 5.56 Å². The Bertz CT molecular complexity index is 454. The summed E-state index contributed by atoms with van der Waals surface area (Å²) in [7, 11) is 0. The van der Waals surface area contributed by atoms with E-state index in [9.17, 15) is 4.79 Å². The number of aromatic nitrogens is 2. The first kappa shape index (κ1) is 13.0. The molecule has 94 valence electrons. The molecule has 0 bridgehead atoms. The van der Waals surface area contributed by atoms with Crippen molar-refractivity contribution in [2.24, 2.45) is 5.92 Å². The first-order valence-corrected chi connectivity index (χ1v) is 7.13. The molecule has 0 saturated heterocycles. The predicted molar refractivity (Wildman–Crippen MR) is 76.1 cm³/mol. The minimum Gasteiger partial charge on any atom is -0.312 e. The number of halogens is 1. The van der Waals surface area contributed by atoms with Gasteiger partial charge in [-0.05, 0) is 55.2 Å². The summed E-state index contributed by atoms with van der Waals surface area (Å²) in [4.78, 5) is 16.1. The SMILES string of the molecule is Cc1ncc(I)c(=O)n1CCNC(C)C1CC1. The lowest BCUT2D eigenvalue weighted by Crippen LogP contribution is -2.35. The molecule has 17 heavy (non-hydrogen) atoms. The molecule has 1 unspecified atom stereocenters. The molecule has 4 nitrogen and oxygen atoms in total. The Morgan fingerprint density at radius 1 is 1.65 bits per heavy atom. The second-order valence-corrected chi connectivity index (χ2v) is 5.85. The van der Waals surface area contributed by atoms with Crippen LogP contribution in [0.5, 0.6) is 0 Å². The molecule has 0 radical (unpaired) electrons. The van der Waals surface area contributed by atoms with Crippen LogP contribution in [0.3, 0.4) is 0 Å². The molecule has 1 fully saturated rings. The number of nitrogens with zero attached hydrogens (tertiary/aromatic N) is 2. The molecule has 1 heterocycles. The molecule has 1 aliphatic rings. The van der Waals surface area contributed by atoms with Crippen LogP contribution in [0.15, 0.2) is 11.0 Å². The third-order valence-electron chi connectivity index (χ3n) is 3.34. The van der Waals surface area contributed by atoms with E-state index in [4.69, 9.17) is 0 Å². The Kier molecular flexibility index (Phi) is 4.19. The summed E-state index contributed by atoms with van der Waals surface area (Å²) in [5.41, 5.74) is 0.0685. The molecule has 0 amide bonds. The van der Waals surface area contributed by atoms with Crippen molar-refractivity contribution in [1.29, 1.82) is 0 Å². The number of hydrogen-bond donors (Lipinski definition) is 1. The van der Waals surface area contributed by atoms with E-state index in [1.54, 1.807) is 10.8 Å². The summed E-state index contributed by atoms with van der Waals surface area (Å²) in [5, 5.41) is 3.48. The Hall–Kier alpha value is -0.430. The van der Waals surface area contributed by atoms with Gasteiger partial charge in [-0.25, -0.2) is 4.98 Å². The average molecular weight is 347 g/mol. The summed E-state index contributed by atoms with van der Waals surface area (Å²) in [6, 6.07) is 0.571. The van der Waals surface area contributed by atoms with E-state index in [1.165, 1.54) is 12.8 Å². The zero-order valence-electron chi connectivity index (χ0n) is 10.2. The summed E-state index contributed by atoms with van der Waals surface area (Å²) in [6.45, 7) is 5.63. The summed E-state index contributed by atoms with van der Waals surface area (Å²) in [6.07, 6.45) is 4.32. The molecular weight excluding hydrogens is 329 g/mol. The van der Waals surface area contributed by atoms with Crippen LogP contribution in [0.25, 0.3) is 0 Å². The van der Waals surface area contributed by atoms with Gasteiger partial charge < -0.3 is 5.32 Å². The summed E-state index contributed by atoms with van der Waals surface area (Å²) in [5.74, 6) is 1.64. The van der Waals surface area contributed by atoms with Gasteiger partial charge in [-0.3, -0.25) is 9.36 Å². The first-order chi connectivity index (χ1) is 8.09. The molecule has 0 aliphatic heterocycles. The summed E-state index contributed by atoms with van der Waals surface area (Å²) < 4.78 is 2.43. The Morgan fingerprint density at radius 3 is 3.00 bits per heavy atom. The summed E-state index contributed by atoms with van der Waals surface area (Å²) >= 11 is 2.04. The van der Waals surface area contributed by atoms with Gasteiger partial charge >= 0.3 is 0 Å². The molecule has 1 aromatic rings. The van der Waals surface area contributed by atoms with Crippen LogP contribution < -0.4 is 10.9 Å². The number of rotatable bonds is 5. The van der Waals surface area contributed by atoms with Gasteiger partial charge in [0.15, 0.2) is 0 Å². The smallest absolute Gasteiger partial charge is 0.266 e. The zero-order chi connectivity index (χ0) is 12.4. The molecule has 1 aromatic heterocycles. The average Bonchev–Trinajstić information content (AvgIpc) is 3.12. The molecule has 5 heteroatoms. The van der Waals surface area contributed by atoms with E-state index in [0.29, 0.717) is 16.2 Å². The molecule has 1 saturated carbocycles. The van der Waals surface area contributed by atoms with Gasteiger partial charge in [0.05, 0.1) is 3.57 Å². The van der Waals surface area contributed by atoms with Crippen molar-refractivity contribution in [3.63, 3.8) is 0 Å². The fraction of sp³-hybridized carbons (Fsp3) is 0.667. The zero-order valence-corrected chi connectivity index (χ0v) is 12.4. The van der Waals surface area contributed by atoms with Crippen molar-refractivity contribution in [3.8, 4) is 0 Å². The van der Waals surface area contributed by atoms with Crippen LogP contribution in [0.1, 0.15) is 25.6 Å². The fourth-order valence-corrected chi connectivity index (χ4v) is 2.41. The lowest BCUT2D eigenvalue weighted by molar-refractivity contribution is 0.466. The minimum absolute atomic E-state index is 0.0685. The van der Waals surface area contributed by atoms with Crippen molar-refractivity contribution >= 4 is 22.6 Å². The van der Waals surface area contributed by atoms with E-state index >= 15 is 0 Å². The van der Waals surface area contributed by atoms with Crippen LogP contribution in [0, 0.1) is 16.4 Å². The van der Waals surface area contributed by atoms with Crippen molar-refractivity contribution in [2.45, 2.75) is 39.3 Å². The van der Waals surface area contributed by atoms with Crippen LogP contribution >= 0.6 is 22.6 Å². The Morgan fingerprint density at radius 2 is 2.35 bits per heavy atom. The highest BCUT2D eigenvalue weighted by Gasteiger charge is 2.27. The molecule has 0 spiro atoms. The molecule has 1 aliphatic carbocycles. The molecule has 0 aromatic carbocycles. The Labute approximate surface area is 115 Å². The maximum Gasteiger partial charge on any atom is 0.266 e. The highest BCUT2D eigenvalue weighted by molar-refractivity contribution is 14.1. The number of nitrogens with one attached hydrogen (secondary N) is 1. The van der Waals surface area contributed by atoms with Crippen LogP contribution in [-0.4, -0.2) is 22.1 Å². The van der Waals surface area contributed by atoms with Gasteiger partial charge in [0.2, 0.25) is 0 Å². The lowest BCUT2D eigenvalue weighted by atomic mass is 10.2. The van der Waals surface area contributed by atoms with Gasteiger partial charge in [-0.15, -0.1) is 0 Å². The van der Waals surface area contributed by atoms with E-state index in [1.807, 2.05) is 29.5 Å². The molecule has 1 N–H and O–H groups in total. The van der Waals surface area contributed by atoms with Gasteiger partial charge in [-0.2, -0.15) is 0 Å². The third kappa shape index (κ3) is 3.28. The normalized spacial score (nSPS) is 17.1. The van der Waals surface area contributed by atoms with Crippen LogP contribution in [0.2, 0.25) is 0 Å². The second kappa shape index (κ2) is 5.48. The van der Waals surface area contributed by atoms with E-state index < -0.39 is 0 Å². The highest BCUT2D eigenvalue weighted by Crippen LogP contribution is 2.32.